The van der Waals surface area contributed by atoms with E-state index in [-0.39, 0.29) is 20.7 Å². The number of hydrogen-bond acceptors (Lipinski definition) is 4. The van der Waals surface area contributed by atoms with Crippen LogP contribution >= 0.6 is 58.0 Å². The highest BCUT2D eigenvalue weighted by atomic mass is 127. The number of furan rings is 1. The minimum Gasteiger partial charge on any atom is -0.451 e. The number of hydrogen-bond donors (Lipinski definition) is 1. The van der Waals surface area contributed by atoms with E-state index < -0.39 is 11.8 Å². The van der Waals surface area contributed by atoms with Crippen molar-refractivity contribution in [3.05, 3.63) is 55.5 Å². The molecule has 0 radical (unpaired) electrons. The fraction of sp³-hybridized carbons (Fsp3) is 0. The first kappa shape index (κ1) is 17.4. The fourth-order valence-corrected chi connectivity index (χ4v) is 3.18. The minimum atomic E-state index is -0.612. The summed E-state index contributed by atoms with van der Waals surface area (Å²) in [6.45, 7) is 0. The molecule has 1 fully saturated rings. The fourth-order valence-electron chi connectivity index (χ4n) is 2.09. The van der Waals surface area contributed by atoms with Crippen LogP contribution in [0, 0.1) is 3.77 Å². The predicted octanol–water partition coefficient (Wildman–Crippen LogP) is 4.02. The summed E-state index contributed by atoms with van der Waals surface area (Å²) in [4.78, 5) is 26.1. The van der Waals surface area contributed by atoms with Crippen molar-refractivity contribution in [1.29, 1.82) is 0 Å². The molecule has 24 heavy (non-hydrogen) atoms. The predicted molar refractivity (Wildman–Crippen MR) is 104 cm³/mol. The summed E-state index contributed by atoms with van der Waals surface area (Å²) in [6, 6.07) is 8.18. The highest BCUT2D eigenvalue weighted by molar-refractivity contribution is 14.1. The lowest BCUT2D eigenvalue weighted by Crippen LogP contribution is -2.54. The second-order valence-electron chi connectivity index (χ2n) is 4.67. The Morgan fingerprint density at radius 1 is 1.21 bits per heavy atom. The Morgan fingerprint density at radius 3 is 2.62 bits per heavy atom. The second-order valence-corrected chi connectivity index (χ2v) is 6.91. The molecule has 1 aliphatic heterocycles. The zero-order valence-corrected chi connectivity index (χ0v) is 16.2. The van der Waals surface area contributed by atoms with Gasteiger partial charge < -0.3 is 4.42 Å². The molecule has 1 N–H and O–H groups in total. The first-order chi connectivity index (χ1) is 11.4. The van der Waals surface area contributed by atoms with Gasteiger partial charge in [0.25, 0.3) is 11.8 Å². The number of carbonyl (C=O) groups is 2. The van der Waals surface area contributed by atoms with E-state index in [0.29, 0.717) is 15.2 Å². The maximum absolute atomic E-state index is 12.8. The normalized spacial score (nSPS) is 16.7. The van der Waals surface area contributed by atoms with E-state index in [9.17, 15) is 9.59 Å². The monoisotopic (exact) mass is 492 g/mol. The minimum absolute atomic E-state index is 0.0691. The molecule has 0 spiro atoms. The summed E-state index contributed by atoms with van der Waals surface area (Å²) >= 11 is 19.3. The number of halogens is 3. The highest BCUT2D eigenvalue weighted by Gasteiger charge is 2.35. The van der Waals surface area contributed by atoms with E-state index in [2.05, 4.69) is 5.32 Å². The van der Waals surface area contributed by atoms with Crippen LogP contribution in [0.3, 0.4) is 0 Å². The van der Waals surface area contributed by atoms with Gasteiger partial charge in [-0.25, -0.2) is 0 Å². The summed E-state index contributed by atoms with van der Waals surface area (Å²) in [5.74, 6) is -0.840. The van der Waals surface area contributed by atoms with Gasteiger partial charge in [-0.3, -0.25) is 19.8 Å². The number of benzene rings is 1. The van der Waals surface area contributed by atoms with Crippen LogP contribution in [-0.4, -0.2) is 16.9 Å². The van der Waals surface area contributed by atoms with Crippen LogP contribution in [0.15, 0.2) is 40.3 Å². The third-order valence-corrected chi connectivity index (χ3v) is 4.83. The number of nitrogens with zero attached hydrogens (tertiary/aromatic N) is 1. The molecule has 1 aromatic carbocycles. The summed E-state index contributed by atoms with van der Waals surface area (Å²) in [5.41, 5.74) is 0.171. The number of carbonyl (C=O) groups excluding carboxylic acids is 2. The van der Waals surface area contributed by atoms with E-state index >= 15 is 0 Å². The van der Waals surface area contributed by atoms with Crippen LogP contribution in [0.4, 0.5) is 5.69 Å². The topological polar surface area (TPSA) is 62.6 Å². The smallest absolute Gasteiger partial charge is 0.270 e. The Balaban J connectivity index is 2.06. The number of amides is 2. The lowest BCUT2D eigenvalue weighted by atomic mass is 10.1. The molecule has 2 amide bonds. The van der Waals surface area contributed by atoms with Crippen molar-refractivity contribution >= 4 is 86.7 Å². The molecule has 2 heterocycles. The highest BCUT2D eigenvalue weighted by Crippen LogP contribution is 2.34. The van der Waals surface area contributed by atoms with Crippen LogP contribution in [0.2, 0.25) is 10.0 Å². The molecule has 1 aromatic heterocycles. The Bertz CT molecular complexity index is 910. The molecular weight excluding hydrogens is 486 g/mol. The van der Waals surface area contributed by atoms with Crippen LogP contribution in [0.5, 0.6) is 0 Å². The summed E-state index contributed by atoms with van der Waals surface area (Å²) in [7, 11) is 0. The SMILES string of the molecule is O=C1NC(=S)N(c2cccc(Cl)c2Cl)C(=O)/C1=C\c1ccc(I)o1. The third kappa shape index (κ3) is 3.21. The third-order valence-electron chi connectivity index (χ3n) is 3.15. The van der Waals surface area contributed by atoms with Crippen molar-refractivity contribution in [2.45, 2.75) is 0 Å². The van der Waals surface area contributed by atoms with Gasteiger partial charge in [-0.05, 0) is 65.2 Å². The van der Waals surface area contributed by atoms with Gasteiger partial charge in [-0.15, -0.1) is 0 Å². The van der Waals surface area contributed by atoms with Gasteiger partial charge in [0.1, 0.15) is 11.3 Å². The van der Waals surface area contributed by atoms with E-state index in [1.54, 1.807) is 30.3 Å². The summed E-state index contributed by atoms with van der Waals surface area (Å²) < 4.78 is 6.01. The van der Waals surface area contributed by atoms with Crippen molar-refractivity contribution in [1.82, 2.24) is 5.32 Å². The van der Waals surface area contributed by atoms with E-state index in [4.69, 9.17) is 39.8 Å². The zero-order chi connectivity index (χ0) is 17.4. The first-order valence-corrected chi connectivity index (χ1v) is 8.73. The molecule has 2 aromatic rings. The van der Waals surface area contributed by atoms with Gasteiger partial charge in [-0.2, -0.15) is 0 Å². The Hall–Kier alpha value is -1.42. The van der Waals surface area contributed by atoms with Crippen LogP contribution in [0.25, 0.3) is 6.08 Å². The molecule has 0 atom stereocenters. The number of nitrogens with one attached hydrogen (secondary N) is 1. The van der Waals surface area contributed by atoms with Crippen molar-refractivity contribution < 1.29 is 14.0 Å². The van der Waals surface area contributed by atoms with Gasteiger partial charge in [-0.1, -0.05) is 29.3 Å². The second kappa shape index (κ2) is 6.83. The van der Waals surface area contributed by atoms with E-state index in [1.807, 2.05) is 22.6 Å². The van der Waals surface area contributed by atoms with Crippen LogP contribution < -0.4 is 10.2 Å². The molecule has 3 rings (SSSR count). The Morgan fingerprint density at radius 2 is 1.96 bits per heavy atom. The van der Waals surface area contributed by atoms with E-state index in [0.717, 1.165) is 4.90 Å². The Kier molecular flexibility index (Phi) is 4.95. The van der Waals surface area contributed by atoms with Gasteiger partial charge in [0.15, 0.2) is 8.88 Å². The zero-order valence-electron chi connectivity index (χ0n) is 11.7. The van der Waals surface area contributed by atoms with Crippen LogP contribution in [0.1, 0.15) is 5.76 Å². The van der Waals surface area contributed by atoms with E-state index in [1.165, 1.54) is 6.08 Å². The molecule has 0 unspecified atom stereocenters. The maximum atomic E-state index is 12.8. The molecular formula is C15H7Cl2IN2O3S. The Labute approximate surface area is 165 Å². The van der Waals surface area contributed by atoms with Crippen molar-refractivity contribution in [2.75, 3.05) is 4.90 Å². The maximum Gasteiger partial charge on any atom is 0.270 e. The van der Waals surface area contributed by atoms with Crippen LogP contribution in [-0.2, 0) is 9.59 Å². The molecule has 9 heteroatoms. The van der Waals surface area contributed by atoms with Crippen molar-refractivity contribution in [3.63, 3.8) is 0 Å². The first-order valence-electron chi connectivity index (χ1n) is 6.49. The average molecular weight is 493 g/mol. The molecule has 1 aliphatic rings. The molecule has 0 saturated carbocycles. The van der Waals surface area contributed by atoms with Gasteiger partial charge in [0, 0.05) is 0 Å². The standard InChI is InChI=1S/C15H7Cl2IN2O3S/c16-9-2-1-3-10(12(9)17)20-14(22)8(13(21)19-15(20)24)6-7-4-5-11(18)23-7/h1-6H,(H,19,21,24)/b8-6-. The van der Waals surface area contributed by atoms with Crippen molar-refractivity contribution in [3.8, 4) is 0 Å². The lowest BCUT2D eigenvalue weighted by molar-refractivity contribution is -0.122. The molecule has 1 saturated heterocycles. The molecule has 5 nitrogen and oxygen atoms in total. The van der Waals surface area contributed by atoms with Gasteiger partial charge in [0.2, 0.25) is 0 Å². The molecule has 122 valence electrons. The van der Waals surface area contributed by atoms with Crippen molar-refractivity contribution in [2.24, 2.45) is 0 Å². The van der Waals surface area contributed by atoms with Gasteiger partial charge >= 0.3 is 0 Å². The number of rotatable bonds is 2. The number of thiocarbonyl (C=S) groups is 1. The largest absolute Gasteiger partial charge is 0.451 e. The average Bonchev–Trinajstić information content (AvgIpc) is 2.93. The van der Waals surface area contributed by atoms with Gasteiger partial charge in [0.05, 0.1) is 15.7 Å². The summed E-state index contributed by atoms with van der Waals surface area (Å²) in [5, 5.41) is 2.83. The summed E-state index contributed by atoms with van der Waals surface area (Å²) in [6.07, 6.45) is 1.35. The quantitative estimate of drug-likeness (QED) is 0.297. The molecule has 0 bridgehead atoms. The molecule has 0 aliphatic carbocycles. The number of anilines is 1. The lowest BCUT2D eigenvalue weighted by Gasteiger charge is -2.29.